The highest BCUT2D eigenvalue weighted by Gasteiger charge is 2.00. The van der Waals surface area contributed by atoms with Crippen LogP contribution in [0.1, 0.15) is 0 Å². The maximum absolute atomic E-state index is 4.64. The van der Waals surface area contributed by atoms with Gasteiger partial charge in [-0.15, -0.1) is 11.8 Å². The highest BCUT2D eigenvalue weighted by molar-refractivity contribution is 8.17. The number of aliphatic imine (C=N–C) groups is 1. The molecule has 7 heavy (non-hydrogen) atoms. The largest absolute Gasteiger partial charge is 0.277 e. The van der Waals surface area contributed by atoms with E-state index in [1.807, 2.05) is 0 Å². The third-order valence-corrected chi connectivity index (χ3v) is 2.01. The summed E-state index contributed by atoms with van der Waals surface area (Å²) >= 11 is 6.37. The van der Waals surface area contributed by atoms with Crippen molar-refractivity contribution < 1.29 is 0 Å². The van der Waals surface area contributed by atoms with E-state index in [1.54, 1.807) is 17.1 Å². The van der Waals surface area contributed by atoms with E-state index < -0.39 is 0 Å². The first-order chi connectivity index (χ1) is 3.43. The highest BCUT2D eigenvalue weighted by Crippen LogP contribution is 2.08. The maximum Gasteiger partial charge on any atom is 0.101 e. The van der Waals surface area contributed by atoms with E-state index in [2.05, 4.69) is 17.2 Å². The Morgan fingerprint density at radius 3 is 3.00 bits per heavy atom. The Bertz CT molecular complexity index is 108. The van der Waals surface area contributed by atoms with Crippen LogP contribution in [0.4, 0.5) is 0 Å². The first-order valence-corrected chi connectivity index (χ1v) is 3.51. The summed E-state index contributed by atoms with van der Waals surface area (Å²) in [7, 11) is 0. The molecule has 0 amide bonds. The minimum absolute atomic E-state index is 0.952. The van der Waals surface area contributed by atoms with Crippen LogP contribution >= 0.6 is 24.0 Å². The molecule has 1 rings (SSSR count). The van der Waals surface area contributed by atoms with Gasteiger partial charge in [-0.1, -0.05) is 12.2 Å². The molecule has 1 aliphatic rings. The molecule has 0 unspecified atom stereocenters. The predicted molar refractivity (Wildman–Crippen MR) is 38.4 cm³/mol. The van der Waals surface area contributed by atoms with Gasteiger partial charge in [-0.3, -0.25) is 4.99 Å². The SMILES string of the molecule is S=CC1=NCCS1. The number of hydrogen-bond donors (Lipinski definition) is 0. The number of hydrogen-bond acceptors (Lipinski definition) is 3. The summed E-state index contributed by atoms with van der Waals surface area (Å²) in [6.45, 7) is 0.952. The summed E-state index contributed by atoms with van der Waals surface area (Å²) in [5.74, 6) is 1.11. The fourth-order valence-electron chi connectivity index (χ4n) is 0.423. The van der Waals surface area contributed by atoms with E-state index in [0.717, 1.165) is 17.3 Å². The molecule has 0 aromatic rings. The van der Waals surface area contributed by atoms with Crippen LogP contribution < -0.4 is 0 Å². The van der Waals surface area contributed by atoms with E-state index in [1.165, 1.54) is 0 Å². The van der Waals surface area contributed by atoms with Crippen molar-refractivity contribution in [1.29, 1.82) is 0 Å². The summed E-state index contributed by atoms with van der Waals surface area (Å²) in [6, 6.07) is 0. The maximum atomic E-state index is 4.64. The van der Waals surface area contributed by atoms with Gasteiger partial charge in [-0.05, 0) is 0 Å². The van der Waals surface area contributed by atoms with Gasteiger partial charge in [-0.2, -0.15) is 0 Å². The van der Waals surface area contributed by atoms with Crippen molar-refractivity contribution in [3.05, 3.63) is 0 Å². The molecule has 0 saturated heterocycles. The van der Waals surface area contributed by atoms with E-state index in [0.29, 0.717) is 0 Å². The molecule has 1 nitrogen and oxygen atoms in total. The topological polar surface area (TPSA) is 12.4 Å². The lowest BCUT2D eigenvalue weighted by Gasteiger charge is -1.78. The fraction of sp³-hybridized carbons (Fsp3) is 0.500. The Balaban J connectivity index is 2.51. The molecular weight excluding hydrogens is 126 g/mol. The average Bonchev–Trinajstić information content (AvgIpc) is 2.14. The molecule has 38 valence electrons. The van der Waals surface area contributed by atoms with Gasteiger partial charge >= 0.3 is 0 Å². The van der Waals surface area contributed by atoms with Gasteiger partial charge in [0.2, 0.25) is 0 Å². The normalized spacial score (nSPS) is 19.1. The summed E-state index contributed by atoms with van der Waals surface area (Å²) in [6.07, 6.45) is 0. The van der Waals surface area contributed by atoms with Crippen molar-refractivity contribution in [2.75, 3.05) is 12.3 Å². The predicted octanol–water partition coefficient (Wildman–Crippen LogP) is 1.13. The number of rotatable bonds is 1. The van der Waals surface area contributed by atoms with Gasteiger partial charge in [0.05, 0.1) is 0 Å². The molecule has 0 spiro atoms. The highest BCUT2D eigenvalue weighted by atomic mass is 32.2. The molecule has 0 aromatic heterocycles. The summed E-state index contributed by atoms with van der Waals surface area (Å²) in [5.41, 5.74) is 0. The minimum atomic E-state index is 0.952. The summed E-state index contributed by atoms with van der Waals surface area (Å²) in [4.78, 5) is 4.07. The average molecular weight is 131 g/mol. The molecule has 0 saturated carbocycles. The van der Waals surface area contributed by atoms with E-state index >= 15 is 0 Å². The zero-order chi connectivity index (χ0) is 5.11. The van der Waals surface area contributed by atoms with E-state index in [4.69, 9.17) is 0 Å². The Kier molecular flexibility index (Phi) is 1.82. The van der Waals surface area contributed by atoms with Crippen molar-refractivity contribution in [1.82, 2.24) is 0 Å². The fourth-order valence-corrected chi connectivity index (χ4v) is 1.34. The Hall–Kier alpha value is 0.110. The second-order valence-corrected chi connectivity index (χ2v) is 2.54. The van der Waals surface area contributed by atoms with Crippen molar-refractivity contribution in [3.63, 3.8) is 0 Å². The van der Waals surface area contributed by atoms with Crippen molar-refractivity contribution in [3.8, 4) is 0 Å². The van der Waals surface area contributed by atoms with Gasteiger partial charge in [0.1, 0.15) is 5.04 Å². The van der Waals surface area contributed by atoms with E-state index in [9.17, 15) is 0 Å². The van der Waals surface area contributed by atoms with Crippen LogP contribution in [0, 0.1) is 0 Å². The second kappa shape index (κ2) is 2.43. The van der Waals surface area contributed by atoms with Crippen molar-refractivity contribution in [2.24, 2.45) is 4.99 Å². The monoisotopic (exact) mass is 131 g/mol. The standard InChI is InChI=1S/C4H5NS2/c6-3-4-5-1-2-7-4/h3H,1-2H2. The van der Waals surface area contributed by atoms with Gasteiger partial charge < -0.3 is 0 Å². The third-order valence-electron chi connectivity index (χ3n) is 0.710. The molecule has 0 radical (unpaired) electrons. The number of thiocarbonyl (C=S) groups is 1. The molecule has 1 heterocycles. The van der Waals surface area contributed by atoms with Crippen LogP contribution in [0.25, 0.3) is 0 Å². The molecule has 0 N–H and O–H groups in total. The van der Waals surface area contributed by atoms with Gasteiger partial charge in [0.15, 0.2) is 0 Å². The van der Waals surface area contributed by atoms with E-state index in [-0.39, 0.29) is 0 Å². The Morgan fingerprint density at radius 2 is 2.71 bits per heavy atom. The lowest BCUT2D eigenvalue weighted by Crippen LogP contribution is -1.82. The Morgan fingerprint density at radius 1 is 1.86 bits per heavy atom. The molecule has 0 fully saturated rings. The number of nitrogens with zero attached hydrogens (tertiary/aromatic N) is 1. The molecule has 1 aliphatic heterocycles. The first kappa shape index (κ1) is 5.25. The smallest absolute Gasteiger partial charge is 0.101 e. The zero-order valence-electron chi connectivity index (χ0n) is 3.76. The molecule has 0 bridgehead atoms. The molecule has 0 atom stereocenters. The van der Waals surface area contributed by atoms with Crippen LogP contribution in [0.5, 0.6) is 0 Å². The zero-order valence-corrected chi connectivity index (χ0v) is 5.39. The van der Waals surface area contributed by atoms with Crippen LogP contribution in [0.15, 0.2) is 4.99 Å². The number of thioether (sulfide) groups is 1. The lowest BCUT2D eigenvalue weighted by molar-refractivity contribution is 1.18. The van der Waals surface area contributed by atoms with Gasteiger partial charge in [0.25, 0.3) is 0 Å². The second-order valence-electron chi connectivity index (χ2n) is 1.19. The molecular formula is C4H5NS2. The third kappa shape index (κ3) is 1.24. The summed E-state index contributed by atoms with van der Waals surface area (Å²) < 4.78 is 0. The van der Waals surface area contributed by atoms with Crippen molar-refractivity contribution in [2.45, 2.75) is 0 Å². The first-order valence-electron chi connectivity index (χ1n) is 2.06. The lowest BCUT2D eigenvalue weighted by atomic mass is 10.8. The quantitative estimate of drug-likeness (QED) is 0.495. The van der Waals surface area contributed by atoms with Gasteiger partial charge in [-0.25, -0.2) is 0 Å². The molecule has 0 aliphatic carbocycles. The molecule has 3 heteroatoms. The van der Waals surface area contributed by atoms with Crippen LogP contribution in [0.2, 0.25) is 0 Å². The van der Waals surface area contributed by atoms with Crippen LogP contribution in [-0.4, -0.2) is 22.7 Å². The minimum Gasteiger partial charge on any atom is -0.277 e. The van der Waals surface area contributed by atoms with Crippen molar-refractivity contribution >= 4 is 34.4 Å². The Labute approximate surface area is 52.2 Å². The van der Waals surface area contributed by atoms with Gasteiger partial charge in [0, 0.05) is 17.7 Å². The van der Waals surface area contributed by atoms with Crippen LogP contribution in [-0.2, 0) is 0 Å². The molecule has 0 aromatic carbocycles. The van der Waals surface area contributed by atoms with Crippen LogP contribution in [0.3, 0.4) is 0 Å². The summed E-state index contributed by atoms with van der Waals surface area (Å²) in [5, 5.41) is 2.66.